The van der Waals surface area contributed by atoms with Crippen LogP contribution in [0.3, 0.4) is 0 Å². The van der Waals surface area contributed by atoms with Crippen LogP contribution >= 0.6 is 0 Å². The summed E-state index contributed by atoms with van der Waals surface area (Å²) >= 11 is 0. The Balaban J connectivity index is 2.15. The van der Waals surface area contributed by atoms with Crippen LogP contribution in [0.25, 0.3) is 0 Å². The Hall–Kier alpha value is -1.73. The molecule has 0 radical (unpaired) electrons. The number of nitrogens with one attached hydrogen (secondary N) is 2. The molecule has 1 aliphatic heterocycles. The van der Waals surface area contributed by atoms with Gasteiger partial charge in [0, 0.05) is 19.6 Å². The molecule has 112 valence electrons. The zero-order valence-corrected chi connectivity index (χ0v) is 11.6. The molecule has 1 aliphatic rings. The topological polar surface area (TPSA) is 66.0 Å². The van der Waals surface area contributed by atoms with Gasteiger partial charge in [0.15, 0.2) is 0 Å². The van der Waals surface area contributed by atoms with Gasteiger partial charge < -0.3 is 15.5 Å². The lowest BCUT2D eigenvalue weighted by Gasteiger charge is -2.27. The van der Waals surface area contributed by atoms with E-state index in [1.165, 1.54) is 6.42 Å². The van der Waals surface area contributed by atoms with Crippen molar-refractivity contribution in [3.8, 4) is 0 Å². The largest absolute Gasteiger partial charge is 0.354 e. The molecule has 1 fully saturated rings. The van der Waals surface area contributed by atoms with Crippen molar-refractivity contribution >= 4 is 17.8 Å². The van der Waals surface area contributed by atoms with Gasteiger partial charge in [0.25, 0.3) is 6.43 Å². The van der Waals surface area contributed by atoms with Crippen molar-refractivity contribution in [2.75, 3.05) is 41.7 Å². The monoisotopic (exact) mass is 286 g/mol. The SMILES string of the molecule is CCNc1nc(NCC(F)F)nc(N2CCCCC2)n1. The van der Waals surface area contributed by atoms with E-state index in [-0.39, 0.29) is 5.95 Å². The average molecular weight is 286 g/mol. The zero-order valence-electron chi connectivity index (χ0n) is 11.6. The second-order valence-electron chi connectivity index (χ2n) is 4.63. The summed E-state index contributed by atoms with van der Waals surface area (Å²) < 4.78 is 24.5. The molecule has 1 aromatic heterocycles. The third-order valence-corrected chi connectivity index (χ3v) is 3.01. The minimum absolute atomic E-state index is 0.192. The molecule has 6 nitrogen and oxygen atoms in total. The Morgan fingerprint density at radius 3 is 2.30 bits per heavy atom. The van der Waals surface area contributed by atoms with Gasteiger partial charge in [0.05, 0.1) is 6.54 Å². The van der Waals surface area contributed by atoms with Crippen molar-refractivity contribution in [1.82, 2.24) is 15.0 Å². The fourth-order valence-corrected chi connectivity index (χ4v) is 2.08. The molecule has 0 bridgehead atoms. The van der Waals surface area contributed by atoms with E-state index in [0.29, 0.717) is 18.4 Å². The zero-order chi connectivity index (χ0) is 14.4. The molecule has 2 N–H and O–H groups in total. The molecule has 0 amide bonds. The van der Waals surface area contributed by atoms with E-state index < -0.39 is 13.0 Å². The summed E-state index contributed by atoms with van der Waals surface area (Å²) in [6.07, 6.45) is 0.968. The minimum atomic E-state index is -2.44. The van der Waals surface area contributed by atoms with E-state index in [2.05, 4.69) is 30.5 Å². The van der Waals surface area contributed by atoms with E-state index in [4.69, 9.17) is 0 Å². The van der Waals surface area contributed by atoms with E-state index in [0.717, 1.165) is 25.9 Å². The van der Waals surface area contributed by atoms with Gasteiger partial charge in [-0.25, -0.2) is 8.78 Å². The normalized spacial score (nSPS) is 15.5. The molecule has 0 aromatic carbocycles. The Bertz CT molecular complexity index is 422. The first kappa shape index (κ1) is 14.7. The standard InChI is InChI=1S/C12H20F2N6/c1-2-15-10-17-11(16-8-9(13)14)19-12(18-10)20-6-4-3-5-7-20/h9H,2-8H2,1H3,(H2,15,16,17,18,19). The van der Waals surface area contributed by atoms with Gasteiger partial charge in [-0.05, 0) is 26.2 Å². The highest BCUT2D eigenvalue weighted by molar-refractivity contribution is 5.44. The van der Waals surface area contributed by atoms with Crippen LogP contribution in [0.1, 0.15) is 26.2 Å². The number of alkyl halides is 2. The maximum absolute atomic E-state index is 12.3. The molecule has 0 spiro atoms. The first-order chi connectivity index (χ1) is 9.69. The Kier molecular flexibility index (Phi) is 5.25. The number of anilines is 3. The smallest absolute Gasteiger partial charge is 0.255 e. The molecule has 0 saturated carbocycles. The number of hydrogen-bond donors (Lipinski definition) is 2. The summed E-state index contributed by atoms with van der Waals surface area (Å²) in [5.74, 6) is 1.16. The molecule has 0 aliphatic carbocycles. The fraction of sp³-hybridized carbons (Fsp3) is 0.750. The van der Waals surface area contributed by atoms with E-state index in [1.54, 1.807) is 0 Å². The Morgan fingerprint density at radius 1 is 1.05 bits per heavy atom. The highest BCUT2D eigenvalue weighted by atomic mass is 19.3. The minimum Gasteiger partial charge on any atom is -0.354 e. The third-order valence-electron chi connectivity index (χ3n) is 3.01. The first-order valence-electron chi connectivity index (χ1n) is 6.96. The van der Waals surface area contributed by atoms with Crippen molar-refractivity contribution in [3.63, 3.8) is 0 Å². The number of piperidine rings is 1. The molecule has 0 atom stereocenters. The lowest BCUT2D eigenvalue weighted by Crippen LogP contribution is -2.31. The lowest BCUT2D eigenvalue weighted by molar-refractivity contribution is 0.163. The quantitative estimate of drug-likeness (QED) is 0.833. The van der Waals surface area contributed by atoms with Crippen LogP contribution in [0.5, 0.6) is 0 Å². The highest BCUT2D eigenvalue weighted by Crippen LogP contribution is 2.18. The van der Waals surface area contributed by atoms with Gasteiger partial charge in [0.2, 0.25) is 17.8 Å². The second-order valence-corrected chi connectivity index (χ2v) is 4.63. The summed E-state index contributed by atoms with van der Waals surface area (Å²) in [5.41, 5.74) is 0. The van der Waals surface area contributed by atoms with E-state index in [9.17, 15) is 8.78 Å². The van der Waals surface area contributed by atoms with Gasteiger partial charge in [-0.1, -0.05) is 0 Å². The van der Waals surface area contributed by atoms with Crippen LogP contribution in [0.2, 0.25) is 0 Å². The van der Waals surface area contributed by atoms with Crippen LogP contribution in [0.4, 0.5) is 26.6 Å². The van der Waals surface area contributed by atoms with Gasteiger partial charge in [-0.3, -0.25) is 0 Å². The maximum atomic E-state index is 12.3. The van der Waals surface area contributed by atoms with Crippen molar-refractivity contribution in [2.45, 2.75) is 32.6 Å². The summed E-state index contributed by atoms with van der Waals surface area (Å²) in [6.45, 7) is 3.91. The lowest BCUT2D eigenvalue weighted by atomic mass is 10.1. The molecule has 8 heteroatoms. The fourth-order valence-electron chi connectivity index (χ4n) is 2.08. The molecule has 0 unspecified atom stereocenters. The van der Waals surface area contributed by atoms with Crippen LogP contribution in [-0.4, -0.2) is 47.6 Å². The van der Waals surface area contributed by atoms with Gasteiger partial charge in [-0.2, -0.15) is 15.0 Å². The summed E-state index contributed by atoms with van der Waals surface area (Å²) in [7, 11) is 0. The number of nitrogens with zero attached hydrogens (tertiary/aromatic N) is 4. The Morgan fingerprint density at radius 2 is 1.70 bits per heavy atom. The molecule has 1 aromatic rings. The second kappa shape index (κ2) is 7.16. The van der Waals surface area contributed by atoms with Crippen LogP contribution in [0.15, 0.2) is 0 Å². The highest BCUT2D eigenvalue weighted by Gasteiger charge is 2.16. The number of halogens is 2. The third kappa shape index (κ3) is 4.14. The van der Waals surface area contributed by atoms with Crippen molar-refractivity contribution < 1.29 is 8.78 Å². The summed E-state index contributed by atoms with van der Waals surface area (Å²) in [4.78, 5) is 14.7. The summed E-state index contributed by atoms with van der Waals surface area (Å²) in [6, 6.07) is 0. The number of rotatable bonds is 6. The number of aromatic nitrogens is 3. The molecular weight excluding hydrogens is 266 g/mol. The molecule has 2 rings (SSSR count). The predicted molar refractivity (Wildman–Crippen MR) is 74.5 cm³/mol. The van der Waals surface area contributed by atoms with Gasteiger partial charge in [-0.15, -0.1) is 0 Å². The Labute approximate surface area is 117 Å². The van der Waals surface area contributed by atoms with Gasteiger partial charge >= 0.3 is 0 Å². The van der Waals surface area contributed by atoms with Crippen molar-refractivity contribution in [1.29, 1.82) is 0 Å². The maximum Gasteiger partial charge on any atom is 0.255 e. The molecular formula is C12H20F2N6. The van der Waals surface area contributed by atoms with Crippen molar-refractivity contribution in [3.05, 3.63) is 0 Å². The van der Waals surface area contributed by atoms with Crippen LogP contribution in [-0.2, 0) is 0 Å². The predicted octanol–water partition coefficient (Wildman–Crippen LogP) is 1.97. The van der Waals surface area contributed by atoms with E-state index >= 15 is 0 Å². The average Bonchev–Trinajstić information content (AvgIpc) is 2.46. The summed E-state index contributed by atoms with van der Waals surface area (Å²) in [5, 5.41) is 5.54. The van der Waals surface area contributed by atoms with Crippen LogP contribution < -0.4 is 15.5 Å². The van der Waals surface area contributed by atoms with Crippen LogP contribution in [0, 0.1) is 0 Å². The molecule has 20 heavy (non-hydrogen) atoms. The molecule has 2 heterocycles. The molecule has 1 saturated heterocycles. The van der Waals surface area contributed by atoms with Crippen molar-refractivity contribution in [2.24, 2.45) is 0 Å². The first-order valence-corrected chi connectivity index (χ1v) is 6.96. The van der Waals surface area contributed by atoms with E-state index in [1.807, 2.05) is 6.92 Å². The van der Waals surface area contributed by atoms with Gasteiger partial charge in [0.1, 0.15) is 0 Å². The number of hydrogen-bond acceptors (Lipinski definition) is 6.